The molecular weight excluding hydrogens is 358 g/mol. The largest absolute Gasteiger partial charge is 0.346 e. The lowest BCUT2D eigenvalue weighted by Crippen LogP contribution is -2.33. The van der Waals surface area contributed by atoms with Crippen molar-refractivity contribution in [2.75, 3.05) is 11.9 Å². The van der Waals surface area contributed by atoms with E-state index in [2.05, 4.69) is 20.6 Å². The topological polar surface area (TPSA) is 95.8 Å². The van der Waals surface area contributed by atoms with Crippen molar-refractivity contribution in [3.05, 3.63) is 77.4 Å². The van der Waals surface area contributed by atoms with Crippen LogP contribution < -0.4 is 16.4 Å². The summed E-state index contributed by atoms with van der Waals surface area (Å²) in [5.74, 6) is -0.155. The van der Waals surface area contributed by atoms with Crippen LogP contribution in [0, 0.1) is 0 Å². The molecule has 1 amide bonds. The zero-order valence-electron chi connectivity index (χ0n) is 14.5. The summed E-state index contributed by atoms with van der Waals surface area (Å²) in [7, 11) is 0. The van der Waals surface area contributed by atoms with Crippen LogP contribution >= 0.6 is 11.3 Å². The van der Waals surface area contributed by atoms with Gasteiger partial charge in [-0.1, -0.05) is 30.3 Å². The van der Waals surface area contributed by atoms with E-state index in [1.165, 1.54) is 11.3 Å². The molecule has 0 spiro atoms. The number of aromatic nitrogens is 2. The fraction of sp³-hybridized carbons (Fsp3) is 0.100. The van der Waals surface area contributed by atoms with Gasteiger partial charge in [-0.15, -0.1) is 11.3 Å². The van der Waals surface area contributed by atoms with Crippen LogP contribution in [0.4, 0.5) is 10.7 Å². The summed E-state index contributed by atoms with van der Waals surface area (Å²) in [4.78, 5) is 20.2. The minimum atomic E-state index is -0.233. The fourth-order valence-corrected chi connectivity index (χ4v) is 3.77. The van der Waals surface area contributed by atoms with Gasteiger partial charge in [-0.05, 0) is 29.1 Å². The molecule has 6 nitrogen and oxygen atoms in total. The van der Waals surface area contributed by atoms with Crippen LogP contribution in [-0.4, -0.2) is 22.4 Å². The number of fused-ring (bicyclic) bond motifs is 1. The Hall–Kier alpha value is -3.16. The summed E-state index contributed by atoms with van der Waals surface area (Å²) in [5, 5.41) is 10.0. The monoisotopic (exact) mass is 377 g/mol. The van der Waals surface area contributed by atoms with E-state index in [1.54, 1.807) is 6.20 Å². The molecule has 0 aliphatic carbocycles. The van der Waals surface area contributed by atoms with Crippen molar-refractivity contribution < 1.29 is 4.79 Å². The lowest BCUT2D eigenvalue weighted by molar-refractivity contribution is 0.0939. The lowest BCUT2D eigenvalue weighted by Gasteiger charge is -2.17. The van der Waals surface area contributed by atoms with Crippen LogP contribution in [0.2, 0.25) is 0 Å². The quantitative estimate of drug-likeness (QED) is 0.411. The molecule has 7 heteroatoms. The maximum absolute atomic E-state index is 12.9. The number of hydrogen-bond acceptors (Lipinski definition) is 5. The van der Waals surface area contributed by atoms with Gasteiger partial charge in [-0.3, -0.25) is 4.79 Å². The average Bonchev–Trinajstić information content (AvgIpc) is 3.36. The molecule has 0 unspecified atom stereocenters. The van der Waals surface area contributed by atoms with Gasteiger partial charge in [0, 0.05) is 24.3 Å². The van der Waals surface area contributed by atoms with Gasteiger partial charge in [0.25, 0.3) is 5.91 Å². The standard InChI is InChI=1S/C20H19N5OS/c21-12-17(13-4-2-1-3-5-13)24-19(26)15-8-11-27-20(15)25-16-7-10-23-18-14(16)6-9-22-18/h1-11,17H,12,21H2,(H,24,26)(H2,22,23,25)/t17-/m1/s1. The van der Waals surface area contributed by atoms with E-state index in [-0.39, 0.29) is 11.9 Å². The van der Waals surface area contributed by atoms with Crippen LogP contribution in [0.1, 0.15) is 22.0 Å². The summed E-state index contributed by atoms with van der Waals surface area (Å²) in [6.07, 6.45) is 3.57. The number of H-pyrrole nitrogens is 1. The number of carbonyl (C=O) groups is 1. The van der Waals surface area contributed by atoms with E-state index in [9.17, 15) is 4.79 Å². The lowest BCUT2D eigenvalue weighted by atomic mass is 10.1. The molecule has 0 bridgehead atoms. The minimum absolute atomic E-state index is 0.155. The Bertz CT molecular complexity index is 1060. The molecule has 0 aliphatic heterocycles. The second kappa shape index (κ2) is 7.61. The molecule has 3 aromatic heterocycles. The number of pyridine rings is 1. The maximum atomic E-state index is 12.9. The number of rotatable bonds is 6. The first kappa shape index (κ1) is 17.3. The molecule has 4 rings (SSSR count). The Morgan fingerprint density at radius 3 is 2.85 bits per heavy atom. The van der Waals surface area contributed by atoms with Crippen molar-refractivity contribution >= 4 is 39.0 Å². The predicted octanol–water partition coefficient (Wildman–Crippen LogP) is 3.80. The number of thiophene rings is 1. The number of hydrogen-bond donors (Lipinski definition) is 4. The van der Waals surface area contributed by atoms with Gasteiger partial charge in [-0.2, -0.15) is 0 Å². The third-order valence-corrected chi connectivity index (χ3v) is 5.19. The SMILES string of the molecule is NC[C@@H](NC(=O)c1ccsc1Nc1ccnc2[nH]ccc12)c1ccccc1. The third kappa shape index (κ3) is 3.55. The first-order chi connectivity index (χ1) is 13.3. The summed E-state index contributed by atoms with van der Waals surface area (Å²) in [5.41, 5.74) is 9.16. The zero-order valence-corrected chi connectivity index (χ0v) is 15.3. The molecule has 0 saturated heterocycles. The minimum Gasteiger partial charge on any atom is -0.346 e. The summed E-state index contributed by atoms with van der Waals surface area (Å²) < 4.78 is 0. The van der Waals surface area contributed by atoms with Gasteiger partial charge in [0.15, 0.2) is 0 Å². The zero-order chi connectivity index (χ0) is 18.6. The molecule has 1 atom stereocenters. The Kier molecular flexibility index (Phi) is 4.86. The summed E-state index contributed by atoms with van der Waals surface area (Å²) >= 11 is 1.48. The van der Waals surface area contributed by atoms with E-state index in [1.807, 2.05) is 60.1 Å². The highest BCUT2D eigenvalue weighted by Gasteiger charge is 2.18. The molecule has 136 valence electrons. The first-order valence-corrected chi connectivity index (χ1v) is 9.46. The van der Waals surface area contributed by atoms with E-state index in [0.29, 0.717) is 12.1 Å². The Morgan fingerprint density at radius 2 is 2.04 bits per heavy atom. The second-order valence-corrected chi connectivity index (χ2v) is 6.98. The van der Waals surface area contributed by atoms with Crippen LogP contribution in [0.25, 0.3) is 11.0 Å². The van der Waals surface area contributed by atoms with Gasteiger partial charge >= 0.3 is 0 Å². The Balaban J connectivity index is 1.56. The van der Waals surface area contributed by atoms with E-state index in [4.69, 9.17) is 5.73 Å². The first-order valence-electron chi connectivity index (χ1n) is 8.58. The molecule has 27 heavy (non-hydrogen) atoms. The van der Waals surface area contributed by atoms with Crippen molar-refractivity contribution in [3.63, 3.8) is 0 Å². The van der Waals surface area contributed by atoms with E-state index in [0.717, 1.165) is 27.3 Å². The molecule has 0 aliphatic rings. The van der Waals surface area contributed by atoms with E-state index < -0.39 is 0 Å². The van der Waals surface area contributed by atoms with Crippen LogP contribution in [0.5, 0.6) is 0 Å². The van der Waals surface area contributed by atoms with Gasteiger partial charge in [0.2, 0.25) is 0 Å². The molecule has 4 aromatic rings. The predicted molar refractivity (Wildman–Crippen MR) is 109 cm³/mol. The molecule has 3 heterocycles. The van der Waals surface area contributed by atoms with Gasteiger partial charge in [-0.25, -0.2) is 4.98 Å². The van der Waals surface area contributed by atoms with Crippen LogP contribution in [0.15, 0.2) is 66.3 Å². The Labute approximate surface area is 160 Å². The molecular formula is C20H19N5OS. The molecule has 1 aromatic carbocycles. The number of benzene rings is 1. The van der Waals surface area contributed by atoms with Gasteiger partial charge in [0.05, 0.1) is 17.3 Å². The number of amides is 1. The third-order valence-electron chi connectivity index (χ3n) is 4.36. The van der Waals surface area contributed by atoms with Crippen molar-refractivity contribution in [1.82, 2.24) is 15.3 Å². The Morgan fingerprint density at radius 1 is 1.19 bits per heavy atom. The summed E-state index contributed by atoms with van der Waals surface area (Å²) in [6, 6.07) is 15.2. The number of nitrogens with zero attached hydrogens (tertiary/aromatic N) is 1. The molecule has 0 radical (unpaired) electrons. The van der Waals surface area contributed by atoms with Crippen LogP contribution in [0.3, 0.4) is 0 Å². The van der Waals surface area contributed by atoms with Gasteiger partial charge in [0.1, 0.15) is 10.6 Å². The highest BCUT2D eigenvalue weighted by atomic mass is 32.1. The highest BCUT2D eigenvalue weighted by Crippen LogP contribution is 2.30. The molecule has 0 fully saturated rings. The number of nitrogens with one attached hydrogen (secondary N) is 3. The number of anilines is 2. The molecule has 5 N–H and O–H groups in total. The van der Waals surface area contributed by atoms with Crippen molar-refractivity contribution in [3.8, 4) is 0 Å². The van der Waals surface area contributed by atoms with Crippen molar-refractivity contribution in [1.29, 1.82) is 0 Å². The van der Waals surface area contributed by atoms with Crippen molar-refractivity contribution in [2.45, 2.75) is 6.04 Å². The fourth-order valence-electron chi connectivity index (χ4n) is 2.98. The highest BCUT2D eigenvalue weighted by molar-refractivity contribution is 7.14. The number of aromatic amines is 1. The number of carbonyl (C=O) groups excluding carboxylic acids is 1. The second-order valence-electron chi connectivity index (χ2n) is 6.06. The summed E-state index contributed by atoms with van der Waals surface area (Å²) in [6.45, 7) is 0.330. The maximum Gasteiger partial charge on any atom is 0.254 e. The average molecular weight is 377 g/mol. The van der Waals surface area contributed by atoms with Gasteiger partial charge < -0.3 is 21.4 Å². The normalized spacial score (nSPS) is 12.0. The van der Waals surface area contributed by atoms with Crippen LogP contribution in [-0.2, 0) is 0 Å². The number of nitrogens with two attached hydrogens (primary N) is 1. The smallest absolute Gasteiger partial charge is 0.254 e. The van der Waals surface area contributed by atoms with E-state index >= 15 is 0 Å². The van der Waals surface area contributed by atoms with Crippen molar-refractivity contribution in [2.24, 2.45) is 5.73 Å². The molecule has 0 saturated carbocycles.